The Kier molecular flexibility index (Phi) is 6.45. The van der Waals surface area contributed by atoms with Crippen LogP contribution in [-0.2, 0) is 16.1 Å². The molecule has 5 nitrogen and oxygen atoms in total. The second-order valence-electron chi connectivity index (χ2n) is 7.39. The smallest absolute Gasteiger partial charge is 0.234 e. The highest BCUT2D eigenvalue weighted by Gasteiger charge is 2.36. The third-order valence-electron chi connectivity index (χ3n) is 5.48. The third kappa shape index (κ3) is 5.03. The number of carbonyl (C=O) groups excluding carboxylic acids is 1. The van der Waals surface area contributed by atoms with Crippen LogP contribution in [0.15, 0.2) is 24.3 Å². The lowest BCUT2D eigenvalue weighted by molar-refractivity contribution is -0.127. The van der Waals surface area contributed by atoms with Gasteiger partial charge in [-0.2, -0.15) is 0 Å². The summed E-state index contributed by atoms with van der Waals surface area (Å²) in [5, 5.41) is 13.4. The first kappa shape index (κ1) is 18.4. The zero-order chi connectivity index (χ0) is 17.6. The minimum Gasteiger partial charge on any atom is -0.393 e. The zero-order valence-corrected chi connectivity index (χ0v) is 15.1. The van der Waals surface area contributed by atoms with Crippen LogP contribution < -0.4 is 5.32 Å². The van der Waals surface area contributed by atoms with Crippen molar-refractivity contribution in [2.45, 2.75) is 51.3 Å². The maximum absolute atomic E-state index is 12.4. The number of aliphatic hydroxyl groups is 1. The zero-order valence-electron chi connectivity index (χ0n) is 15.1. The highest BCUT2D eigenvalue weighted by Crippen LogP contribution is 2.30. The van der Waals surface area contributed by atoms with E-state index >= 15 is 0 Å². The molecular weight excluding hydrogens is 316 g/mol. The summed E-state index contributed by atoms with van der Waals surface area (Å²) in [5.41, 5.74) is 2.32. The van der Waals surface area contributed by atoms with Crippen molar-refractivity contribution < 1.29 is 14.6 Å². The molecule has 1 aliphatic heterocycles. The Morgan fingerprint density at radius 1 is 1.36 bits per heavy atom. The molecule has 1 aromatic carbocycles. The summed E-state index contributed by atoms with van der Waals surface area (Å²) in [7, 11) is 0. The molecule has 0 spiro atoms. The number of benzene rings is 1. The molecule has 5 heteroatoms. The average Bonchev–Trinajstić information content (AvgIpc) is 2.61. The van der Waals surface area contributed by atoms with E-state index in [2.05, 4.69) is 29.3 Å². The number of aliphatic hydroxyl groups excluding tert-OH is 1. The SMILES string of the molecule is Cc1cccc(CNC(=O)CN2CCOC[C@@H]2[C@@H]2CCCC[C@@H]2O)c1. The van der Waals surface area contributed by atoms with Crippen molar-refractivity contribution in [2.75, 3.05) is 26.3 Å². The highest BCUT2D eigenvalue weighted by molar-refractivity contribution is 5.78. The highest BCUT2D eigenvalue weighted by atomic mass is 16.5. The van der Waals surface area contributed by atoms with Gasteiger partial charge in [0.2, 0.25) is 5.91 Å². The van der Waals surface area contributed by atoms with Crippen LogP contribution in [0.4, 0.5) is 0 Å². The number of amides is 1. The van der Waals surface area contributed by atoms with Crippen molar-refractivity contribution in [2.24, 2.45) is 5.92 Å². The average molecular weight is 346 g/mol. The molecule has 2 fully saturated rings. The first-order valence-electron chi connectivity index (χ1n) is 9.45. The van der Waals surface area contributed by atoms with Gasteiger partial charge in [0, 0.05) is 25.0 Å². The lowest BCUT2D eigenvalue weighted by Crippen LogP contribution is -2.55. The van der Waals surface area contributed by atoms with Crippen molar-refractivity contribution in [1.29, 1.82) is 0 Å². The Balaban J connectivity index is 1.54. The summed E-state index contributed by atoms with van der Waals surface area (Å²) in [4.78, 5) is 14.6. The monoisotopic (exact) mass is 346 g/mol. The van der Waals surface area contributed by atoms with E-state index in [1.807, 2.05) is 12.1 Å². The third-order valence-corrected chi connectivity index (χ3v) is 5.48. The molecule has 3 atom stereocenters. The van der Waals surface area contributed by atoms with Crippen LogP contribution >= 0.6 is 0 Å². The second kappa shape index (κ2) is 8.79. The number of rotatable bonds is 5. The predicted octanol–water partition coefficient (Wildman–Crippen LogP) is 1.86. The summed E-state index contributed by atoms with van der Waals surface area (Å²) in [6.45, 7) is 5.02. The molecule has 0 aromatic heterocycles. The first-order chi connectivity index (χ1) is 12.1. The Labute approximate surface area is 150 Å². The van der Waals surface area contributed by atoms with Crippen LogP contribution in [0.3, 0.4) is 0 Å². The van der Waals surface area contributed by atoms with Crippen LogP contribution in [0.1, 0.15) is 36.8 Å². The fourth-order valence-electron chi connectivity index (χ4n) is 4.10. The number of nitrogens with one attached hydrogen (secondary N) is 1. The van der Waals surface area contributed by atoms with Gasteiger partial charge in [0.1, 0.15) is 0 Å². The number of ether oxygens (including phenoxy) is 1. The van der Waals surface area contributed by atoms with Gasteiger partial charge >= 0.3 is 0 Å². The lowest BCUT2D eigenvalue weighted by Gasteiger charge is -2.43. The van der Waals surface area contributed by atoms with E-state index in [0.717, 1.165) is 37.8 Å². The number of hydrogen-bond donors (Lipinski definition) is 2. The maximum atomic E-state index is 12.4. The fraction of sp³-hybridized carbons (Fsp3) is 0.650. The Morgan fingerprint density at radius 2 is 2.20 bits per heavy atom. The summed E-state index contributed by atoms with van der Waals surface area (Å²) < 4.78 is 5.65. The van der Waals surface area contributed by atoms with E-state index in [1.54, 1.807) is 0 Å². The number of hydrogen-bond acceptors (Lipinski definition) is 4. The van der Waals surface area contributed by atoms with Crippen LogP contribution in [0, 0.1) is 12.8 Å². The van der Waals surface area contributed by atoms with Gasteiger partial charge in [0.05, 0.1) is 25.9 Å². The van der Waals surface area contributed by atoms with Gasteiger partial charge in [-0.3, -0.25) is 9.69 Å². The van der Waals surface area contributed by atoms with Crippen molar-refractivity contribution in [3.05, 3.63) is 35.4 Å². The molecule has 1 heterocycles. The van der Waals surface area contributed by atoms with Crippen LogP contribution in [0.2, 0.25) is 0 Å². The second-order valence-corrected chi connectivity index (χ2v) is 7.39. The number of morpholine rings is 1. The molecular formula is C20H30N2O3. The Hall–Kier alpha value is -1.43. The number of carbonyl (C=O) groups is 1. The standard InChI is InChI=1S/C20H30N2O3/c1-15-5-4-6-16(11-15)12-21-20(24)13-22-9-10-25-14-18(22)17-7-2-3-8-19(17)23/h4-6,11,17-19,23H,2-3,7-10,12-14H2,1H3,(H,21,24)/t17-,18+,19-/m0/s1. The summed E-state index contributed by atoms with van der Waals surface area (Å²) in [6, 6.07) is 8.34. The number of nitrogens with zero attached hydrogens (tertiary/aromatic N) is 1. The lowest BCUT2D eigenvalue weighted by atomic mass is 9.80. The quantitative estimate of drug-likeness (QED) is 0.854. The molecule has 3 rings (SSSR count). The van der Waals surface area contributed by atoms with Gasteiger partial charge in [0.15, 0.2) is 0 Å². The van der Waals surface area contributed by atoms with E-state index in [9.17, 15) is 9.90 Å². The summed E-state index contributed by atoms with van der Waals surface area (Å²) in [5.74, 6) is 0.261. The normalized spacial score (nSPS) is 27.8. The van der Waals surface area contributed by atoms with Crippen LogP contribution in [0.25, 0.3) is 0 Å². The molecule has 1 aliphatic carbocycles. The summed E-state index contributed by atoms with van der Waals surface area (Å²) >= 11 is 0. The van der Waals surface area contributed by atoms with Crippen LogP contribution in [0.5, 0.6) is 0 Å². The minimum absolute atomic E-state index is 0.0405. The Morgan fingerprint density at radius 3 is 3.00 bits per heavy atom. The van der Waals surface area contributed by atoms with E-state index in [4.69, 9.17) is 4.74 Å². The molecule has 0 bridgehead atoms. The van der Waals surface area contributed by atoms with E-state index < -0.39 is 0 Å². The van der Waals surface area contributed by atoms with Crippen molar-refractivity contribution in [1.82, 2.24) is 10.2 Å². The van der Waals surface area contributed by atoms with Crippen molar-refractivity contribution in [3.63, 3.8) is 0 Å². The Bertz CT molecular complexity index is 578. The topological polar surface area (TPSA) is 61.8 Å². The van der Waals surface area contributed by atoms with E-state index in [-0.39, 0.29) is 24.0 Å². The van der Waals surface area contributed by atoms with Gasteiger partial charge < -0.3 is 15.2 Å². The van der Waals surface area contributed by atoms with Crippen LogP contribution in [-0.4, -0.2) is 54.4 Å². The summed E-state index contributed by atoms with van der Waals surface area (Å²) in [6.07, 6.45) is 3.89. The molecule has 138 valence electrons. The van der Waals surface area contributed by atoms with Crippen molar-refractivity contribution >= 4 is 5.91 Å². The molecule has 1 saturated carbocycles. The van der Waals surface area contributed by atoms with Gasteiger partial charge in [-0.25, -0.2) is 0 Å². The molecule has 2 N–H and O–H groups in total. The van der Waals surface area contributed by atoms with E-state index in [1.165, 1.54) is 5.56 Å². The van der Waals surface area contributed by atoms with Gasteiger partial charge in [0.25, 0.3) is 0 Å². The molecule has 2 aliphatic rings. The molecule has 25 heavy (non-hydrogen) atoms. The number of aryl methyl sites for hydroxylation is 1. The first-order valence-corrected chi connectivity index (χ1v) is 9.45. The molecule has 1 saturated heterocycles. The largest absolute Gasteiger partial charge is 0.393 e. The predicted molar refractivity (Wildman–Crippen MR) is 97.2 cm³/mol. The van der Waals surface area contributed by atoms with Gasteiger partial charge in [-0.05, 0) is 25.3 Å². The molecule has 1 amide bonds. The molecule has 0 radical (unpaired) electrons. The maximum Gasteiger partial charge on any atom is 0.234 e. The minimum atomic E-state index is -0.265. The molecule has 0 unspecified atom stereocenters. The molecule has 1 aromatic rings. The fourth-order valence-corrected chi connectivity index (χ4v) is 4.10. The van der Waals surface area contributed by atoms with Gasteiger partial charge in [-0.15, -0.1) is 0 Å². The van der Waals surface area contributed by atoms with E-state index in [0.29, 0.717) is 26.3 Å². The van der Waals surface area contributed by atoms with Gasteiger partial charge in [-0.1, -0.05) is 42.7 Å². The van der Waals surface area contributed by atoms with Crippen molar-refractivity contribution in [3.8, 4) is 0 Å².